The van der Waals surface area contributed by atoms with Crippen molar-refractivity contribution in [2.24, 2.45) is 0 Å². The van der Waals surface area contributed by atoms with E-state index in [9.17, 15) is 4.79 Å². The zero-order chi connectivity index (χ0) is 15.2. The van der Waals surface area contributed by atoms with Crippen LogP contribution in [0.1, 0.15) is 15.9 Å². The molecule has 0 radical (unpaired) electrons. The Morgan fingerprint density at radius 1 is 1.14 bits per heavy atom. The Bertz CT molecular complexity index is 713. The molecule has 108 valence electrons. The van der Waals surface area contributed by atoms with Crippen LogP contribution in [0, 0.1) is 6.92 Å². The largest absolute Gasteiger partial charge is 0.344 e. The Labute approximate surface area is 131 Å². The van der Waals surface area contributed by atoms with Crippen LogP contribution in [-0.4, -0.2) is 32.1 Å². The minimum atomic E-state index is -1.95. The number of hydrogen-bond acceptors (Lipinski definition) is 1. The summed E-state index contributed by atoms with van der Waals surface area (Å²) in [6, 6.07) is 14.3. The van der Waals surface area contributed by atoms with Gasteiger partial charge < -0.3 is 4.90 Å². The monoisotopic (exact) mass is 315 g/mol. The zero-order valence-corrected chi connectivity index (χ0v) is 14.2. The van der Waals surface area contributed by atoms with E-state index < -0.39 is 8.07 Å². The van der Waals surface area contributed by atoms with Gasteiger partial charge in [-0.05, 0) is 30.3 Å². The van der Waals surface area contributed by atoms with Crippen molar-refractivity contribution < 1.29 is 4.79 Å². The molecule has 0 N–H and O–H groups in total. The number of halogens is 1. The normalized spacial score (nSPS) is 21.3. The van der Waals surface area contributed by atoms with E-state index in [1.54, 1.807) is 0 Å². The van der Waals surface area contributed by atoms with Gasteiger partial charge in [-0.15, -0.1) is 0 Å². The van der Waals surface area contributed by atoms with Gasteiger partial charge >= 0.3 is 0 Å². The van der Waals surface area contributed by atoms with Gasteiger partial charge in [0.15, 0.2) is 0 Å². The third-order valence-electron chi connectivity index (χ3n) is 4.38. The number of nitrogens with zero attached hydrogens (tertiary/aromatic N) is 1. The van der Waals surface area contributed by atoms with E-state index in [0.717, 1.165) is 16.8 Å². The van der Waals surface area contributed by atoms with Gasteiger partial charge in [0.2, 0.25) is 0 Å². The standard InChI is InChI=1S/C17H18ClNOSi/c1-12-4-9-15-16(10-12)21(3,11-19(2)17(15)20)14-7-5-13(18)6-8-14/h4-10H,11H2,1-3H3. The molecule has 0 spiro atoms. The number of rotatable bonds is 1. The SMILES string of the molecule is Cc1ccc2c(c1)[Si](C)(c1ccc(Cl)cc1)CN(C)C2=O. The van der Waals surface area contributed by atoms with Crippen molar-refractivity contribution in [3.63, 3.8) is 0 Å². The lowest BCUT2D eigenvalue weighted by molar-refractivity contribution is 0.0812. The molecule has 2 aromatic rings. The Morgan fingerprint density at radius 2 is 1.81 bits per heavy atom. The summed E-state index contributed by atoms with van der Waals surface area (Å²) in [6.45, 7) is 4.41. The van der Waals surface area contributed by atoms with Crippen molar-refractivity contribution in [3.8, 4) is 0 Å². The fourth-order valence-corrected chi connectivity index (χ4v) is 7.32. The molecule has 1 aliphatic rings. The molecule has 0 aliphatic carbocycles. The molecular formula is C17H18ClNOSi. The highest BCUT2D eigenvalue weighted by atomic mass is 35.5. The summed E-state index contributed by atoms with van der Waals surface area (Å²) in [6.07, 6.45) is 0.809. The average Bonchev–Trinajstić information content (AvgIpc) is 2.45. The quantitative estimate of drug-likeness (QED) is 0.740. The maximum atomic E-state index is 12.4. The molecule has 4 heteroatoms. The first-order chi connectivity index (χ1) is 9.91. The predicted octanol–water partition coefficient (Wildman–Crippen LogP) is 2.47. The summed E-state index contributed by atoms with van der Waals surface area (Å²) in [5.41, 5.74) is 2.07. The van der Waals surface area contributed by atoms with E-state index in [0.29, 0.717) is 0 Å². The second-order valence-electron chi connectivity index (χ2n) is 6.05. The predicted molar refractivity (Wildman–Crippen MR) is 90.5 cm³/mol. The molecule has 0 saturated heterocycles. The highest BCUT2D eigenvalue weighted by Crippen LogP contribution is 2.19. The summed E-state index contributed by atoms with van der Waals surface area (Å²) in [7, 11) is -0.0510. The van der Waals surface area contributed by atoms with Gasteiger partial charge in [-0.25, -0.2) is 0 Å². The number of hydrogen-bond donors (Lipinski definition) is 0. The first-order valence-electron chi connectivity index (χ1n) is 7.04. The Balaban J connectivity index is 2.23. The lowest BCUT2D eigenvalue weighted by Crippen LogP contribution is -2.67. The topological polar surface area (TPSA) is 20.3 Å². The van der Waals surface area contributed by atoms with Crippen LogP contribution in [0.2, 0.25) is 11.6 Å². The molecule has 0 aromatic heterocycles. The average molecular weight is 316 g/mol. The van der Waals surface area contributed by atoms with Crippen molar-refractivity contribution in [1.29, 1.82) is 0 Å². The second-order valence-corrected chi connectivity index (χ2v) is 10.6. The van der Waals surface area contributed by atoms with Gasteiger partial charge in [-0.3, -0.25) is 4.79 Å². The zero-order valence-electron chi connectivity index (χ0n) is 12.5. The summed E-state index contributed by atoms with van der Waals surface area (Å²) in [5.74, 6) is 0.129. The van der Waals surface area contributed by atoms with E-state index in [2.05, 4.69) is 31.7 Å². The van der Waals surface area contributed by atoms with Gasteiger partial charge in [-0.2, -0.15) is 0 Å². The highest BCUT2D eigenvalue weighted by Gasteiger charge is 2.41. The van der Waals surface area contributed by atoms with Crippen molar-refractivity contribution in [2.45, 2.75) is 13.5 Å². The molecule has 1 aliphatic heterocycles. The molecule has 2 aromatic carbocycles. The molecule has 0 saturated carbocycles. The van der Waals surface area contributed by atoms with Gasteiger partial charge in [0.1, 0.15) is 8.07 Å². The van der Waals surface area contributed by atoms with Gasteiger partial charge in [0.05, 0.1) is 0 Å². The first kappa shape index (κ1) is 14.4. The van der Waals surface area contributed by atoms with Crippen molar-refractivity contribution in [3.05, 3.63) is 58.6 Å². The smallest absolute Gasteiger partial charge is 0.253 e. The lowest BCUT2D eigenvalue weighted by atomic mass is 10.1. The number of aryl methyl sites for hydroxylation is 1. The lowest BCUT2D eigenvalue weighted by Gasteiger charge is -2.39. The summed E-state index contributed by atoms with van der Waals surface area (Å²) in [5, 5.41) is 3.31. The molecule has 0 bridgehead atoms. The molecule has 1 unspecified atom stereocenters. The van der Waals surface area contributed by atoms with Crippen LogP contribution in [0.15, 0.2) is 42.5 Å². The maximum Gasteiger partial charge on any atom is 0.253 e. The second kappa shape index (κ2) is 5.00. The molecular weight excluding hydrogens is 298 g/mol. The van der Waals surface area contributed by atoms with E-state index in [-0.39, 0.29) is 5.91 Å². The van der Waals surface area contributed by atoms with Gasteiger partial charge in [0, 0.05) is 23.8 Å². The Hall–Kier alpha value is -1.58. The van der Waals surface area contributed by atoms with E-state index in [1.165, 1.54) is 15.9 Å². The molecule has 1 heterocycles. The van der Waals surface area contributed by atoms with Crippen LogP contribution in [0.5, 0.6) is 0 Å². The molecule has 0 fully saturated rings. The number of amides is 1. The molecule has 3 rings (SSSR count). The number of carbonyl (C=O) groups excluding carboxylic acids is 1. The fourth-order valence-electron chi connectivity index (χ4n) is 3.20. The minimum absolute atomic E-state index is 0.129. The fraction of sp³-hybridized carbons (Fsp3) is 0.235. The summed E-state index contributed by atoms with van der Waals surface area (Å²) in [4.78, 5) is 14.3. The van der Waals surface area contributed by atoms with E-state index in [1.807, 2.05) is 36.2 Å². The van der Waals surface area contributed by atoms with Crippen LogP contribution in [0.3, 0.4) is 0 Å². The van der Waals surface area contributed by atoms with Crippen molar-refractivity contribution >= 4 is 36.0 Å². The number of benzene rings is 2. The molecule has 1 amide bonds. The van der Waals surface area contributed by atoms with Crippen LogP contribution in [0.25, 0.3) is 0 Å². The van der Waals surface area contributed by atoms with Crippen LogP contribution in [0.4, 0.5) is 0 Å². The third kappa shape index (κ3) is 2.30. The number of fused-ring (bicyclic) bond motifs is 1. The van der Waals surface area contributed by atoms with Crippen LogP contribution < -0.4 is 10.4 Å². The van der Waals surface area contributed by atoms with Crippen molar-refractivity contribution in [2.75, 3.05) is 13.2 Å². The van der Waals surface area contributed by atoms with Gasteiger partial charge in [-0.1, -0.05) is 53.2 Å². The molecule has 21 heavy (non-hydrogen) atoms. The molecule has 1 atom stereocenters. The first-order valence-corrected chi connectivity index (χ1v) is 10.1. The highest BCUT2D eigenvalue weighted by molar-refractivity contribution is 7.02. The Kier molecular flexibility index (Phi) is 3.42. The van der Waals surface area contributed by atoms with Gasteiger partial charge in [0.25, 0.3) is 5.91 Å². The van der Waals surface area contributed by atoms with E-state index in [4.69, 9.17) is 11.6 Å². The minimum Gasteiger partial charge on any atom is -0.344 e. The maximum absolute atomic E-state index is 12.4. The van der Waals surface area contributed by atoms with E-state index >= 15 is 0 Å². The van der Waals surface area contributed by atoms with Crippen LogP contribution in [-0.2, 0) is 0 Å². The van der Waals surface area contributed by atoms with Crippen molar-refractivity contribution in [1.82, 2.24) is 4.90 Å². The Morgan fingerprint density at radius 3 is 2.48 bits per heavy atom. The van der Waals surface area contributed by atoms with Crippen LogP contribution >= 0.6 is 11.6 Å². The molecule has 2 nitrogen and oxygen atoms in total. The third-order valence-corrected chi connectivity index (χ3v) is 8.95. The summed E-state index contributed by atoms with van der Waals surface area (Å²) < 4.78 is 0. The summed E-state index contributed by atoms with van der Waals surface area (Å²) >= 11 is 6.02. The number of carbonyl (C=O) groups is 1.